The van der Waals surface area contributed by atoms with Gasteiger partial charge < -0.3 is 0 Å². The number of rotatable bonds is 6. The third-order valence-electron chi connectivity index (χ3n) is 11.1. The molecule has 262 valence electrons. The second-order valence-corrected chi connectivity index (χ2v) is 16.6. The maximum Gasteiger partial charge on any atom is 0.0349 e. The van der Waals surface area contributed by atoms with Crippen LogP contribution in [0.5, 0.6) is 0 Å². The summed E-state index contributed by atoms with van der Waals surface area (Å²) in [6.07, 6.45) is 0. The van der Waals surface area contributed by atoms with Crippen molar-refractivity contribution < 1.29 is 0 Å². The first-order chi connectivity index (χ1) is 27.8. The zero-order valence-electron chi connectivity index (χ0n) is 30.4. The molecule has 0 bridgehead atoms. The van der Waals surface area contributed by atoms with Crippen molar-refractivity contribution in [3.8, 4) is 64.0 Å². The molecule has 11 aromatic rings. The van der Waals surface area contributed by atoms with Crippen molar-refractivity contribution in [1.29, 1.82) is 0 Å². The van der Waals surface area contributed by atoms with Gasteiger partial charge in [0.05, 0.1) is 0 Å². The highest BCUT2D eigenvalue weighted by molar-refractivity contribution is 7.19. The van der Waals surface area contributed by atoms with Crippen LogP contribution < -0.4 is 0 Å². The van der Waals surface area contributed by atoms with Gasteiger partial charge in [-0.15, -0.1) is 22.7 Å². The Morgan fingerprint density at radius 1 is 0.232 bits per heavy atom. The van der Waals surface area contributed by atoms with Gasteiger partial charge in [0, 0.05) is 19.5 Å². The van der Waals surface area contributed by atoms with Crippen LogP contribution in [-0.4, -0.2) is 0 Å². The van der Waals surface area contributed by atoms with E-state index in [2.05, 4.69) is 206 Å². The summed E-state index contributed by atoms with van der Waals surface area (Å²) in [6, 6.07) is 76.1. The lowest BCUT2D eigenvalue weighted by Gasteiger charge is -2.21. The summed E-state index contributed by atoms with van der Waals surface area (Å²) in [5.74, 6) is 0. The SMILES string of the molecule is c1ccc(-c2ccc(-c3ccc4c(-c5cccc6ccccc56)c5cc(-c6ccc(-c7ccccc7)s6)ccc5c(-c5cccc6ccccc56)c4c3)s2)cc1. The molecular weight excluding hydrogens is 713 g/mol. The van der Waals surface area contributed by atoms with Crippen molar-refractivity contribution in [1.82, 2.24) is 0 Å². The van der Waals surface area contributed by atoms with Crippen LogP contribution in [0.25, 0.3) is 107 Å². The summed E-state index contributed by atoms with van der Waals surface area (Å²) in [5.41, 5.74) is 10.0. The fourth-order valence-corrected chi connectivity index (χ4v) is 10.5. The Bertz CT molecular complexity index is 3010. The van der Waals surface area contributed by atoms with Crippen LogP contribution in [0.4, 0.5) is 0 Å². The first kappa shape index (κ1) is 32.8. The van der Waals surface area contributed by atoms with Crippen molar-refractivity contribution in [3.63, 3.8) is 0 Å². The van der Waals surface area contributed by atoms with Crippen LogP contribution in [0.3, 0.4) is 0 Å². The molecule has 0 unspecified atom stereocenters. The van der Waals surface area contributed by atoms with Crippen LogP contribution in [0.2, 0.25) is 0 Å². The van der Waals surface area contributed by atoms with Gasteiger partial charge in [-0.05, 0) is 124 Å². The predicted molar refractivity (Wildman–Crippen MR) is 245 cm³/mol. The number of thiophene rings is 2. The molecule has 0 amide bonds. The second-order valence-electron chi connectivity index (χ2n) is 14.4. The molecule has 0 aliphatic carbocycles. The topological polar surface area (TPSA) is 0 Å². The average molecular weight is 747 g/mol. The smallest absolute Gasteiger partial charge is 0.0349 e. The normalized spacial score (nSPS) is 11.6. The van der Waals surface area contributed by atoms with Crippen molar-refractivity contribution >= 4 is 65.8 Å². The third-order valence-corrected chi connectivity index (χ3v) is 13.5. The van der Waals surface area contributed by atoms with E-state index in [1.165, 1.54) is 107 Å². The molecule has 2 heterocycles. The van der Waals surface area contributed by atoms with E-state index in [4.69, 9.17) is 0 Å². The molecule has 0 fully saturated rings. The zero-order valence-corrected chi connectivity index (χ0v) is 32.1. The molecule has 2 heteroatoms. The van der Waals surface area contributed by atoms with Gasteiger partial charge in [-0.2, -0.15) is 0 Å². The van der Waals surface area contributed by atoms with E-state index in [0.29, 0.717) is 0 Å². The van der Waals surface area contributed by atoms with E-state index in [1.807, 2.05) is 22.7 Å². The number of benzene rings is 9. The van der Waals surface area contributed by atoms with E-state index in [-0.39, 0.29) is 0 Å². The van der Waals surface area contributed by atoms with Gasteiger partial charge in [-0.3, -0.25) is 0 Å². The van der Waals surface area contributed by atoms with Crippen molar-refractivity contribution in [2.75, 3.05) is 0 Å². The lowest BCUT2D eigenvalue weighted by Crippen LogP contribution is -1.93. The molecule has 0 aliphatic rings. The Morgan fingerprint density at radius 3 is 1.05 bits per heavy atom. The van der Waals surface area contributed by atoms with Crippen LogP contribution in [0.15, 0.2) is 206 Å². The van der Waals surface area contributed by atoms with Crippen molar-refractivity contribution in [2.24, 2.45) is 0 Å². The molecule has 2 aromatic heterocycles. The fraction of sp³-hybridized carbons (Fsp3) is 0. The van der Waals surface area contributed by atoms with E-state index in [1.54, 1.807) is 0 Å². The van der Waals surface area contributed by atoms with Gasteiger partial charge in [0.2, 0.25) is 0 Å². The summed E-state index contributed by atoms with van der Waals surface area (Å²) >= 11 is 3.72. The van der Waals surface area contributed by atoms with Gasteiger partial charge in [0.15, 0.2) is 0 Å². The van der Waals surface area contributed by atoms with E-state index in [0.717, 1.165) is 0 Å². The average Bonchev–Trinajstić information content (AvgIpc) is 3.98. The zero-order chi connectivity index (χ0) is 37.0. The van der Waals surface area contributed by atoms with Gasteiger partial charge in [-0.1, -0.05) is 170 Å². The highest BCUT2D eigenvalue weighted by Gasteiger charge is 2.21. The van der Waals surface area contributed by atoms with Gasteiger partial charge in [-0.25, -0.2) is 0 Å². The molecule has 0 nitrogen and oxygen atoms in total. The highest BCUT2D eigenvalue weighted by Crippen LogP contribution is 2.49. The third kappa shape index (κ3) is 5.57. The largest absolute Gasteiger partial charge is 0.135 e. The number of hydrogen-bond donors (Lipinski definition) is 0. The summed E-state index contributed by atoms with van der Waals surface area (Å²) in [5, 5.41) is 10.1. The van der Waals surface area contributed by atoms with Gasteiger partial charge in [0.25, 0.3) is 0 Å². The molecule has 0 radical (unpaired) electrons. The minimum atomic E-state index is 1.23. The minimum Gasteiger partial charge on any atom is -0.135 e. The van der Waals surface area contributed by atoms with Crippen molar-refractivity contribution in [3.05, 3.63) is 206 Å². The lowest BCUT2D eigenvalue weighted by atomic mass is 9.82. The van der Waals surface area contributed by atoms with E-state index >= 15 is 0 Å². The van der Waals surface area contributed by atoms with Crippen LogP contribution in [0.1, 0.15) is 0 Å². The molecule has 9 aromatic carbocycles. The maximum absolute atomic E-state index is 2.46. The van der Waals surface area contributed by atoms with Gasteiger partial charge in [0.1, 0.15) is 0 Å². The Balaban J connectivity index is 1.24. The Hall–Kier alpha value is -6.58. The minimum absolute atomic E-state index is 1.23. The number of hydrogen-bond acceptors (Lipinski definition) is 2. The van der Waals surface area contributed by atoms with Crippen molar-refractivity contribution in [2.45, 2.75) is 0 Å². The molecule has 0 aliphatic heterocycles. The molecule has 11 rings (SSSR count). The molecule has 0 spiro atoms. The Morgan fingerprint density at radius 2 is 0.607 bits per heavy atom. The summed E-state index contributed by atoms with van der Waals surface area (Å²) in [4.78, 5) is 5.09. The molecule has 0 N–H and O–H groups in total. The Labute approximate surface area is 334 Å². The Kier molecular flexibility index (Phi) is 7.98. The van der Waals surface area contributed by atoms with E-state index < -0.39 is 0 Å². The standard InChI is InChI=1S/C54H34S2/c1-3-15-37(16-4-1)49-29-31-51(55-49)39-25-27-45-47(33-39)53(43-23-11-19-35-13-7-9-21-41(35)43)46-28-26-40(52-32-30-50(56-52)38-17-5-2-6-18-38)34-48(46)54(45)44-24-12-20-36-14-8-10-22-42(36)44/h1-34H. The molecule has 0 saturated carbocycles. The monoisotopic (exact) mass is 746 g/mol. The van der Waals surface area contributed by atoms with E-state index in [9.17, 15) is 0 Å². The summed E-state index contributed by atoms with van der Waals surface area (Å²) in [6.45, 7) is 0. The molecule has 0 saturated heterocycles. The van der Waals surface area contributed by atoms with Crippen LogP contribution in [-0.2, 0) is 0 Å². The second kappa shape index (κ2) is 13.6. The molecular formula is C54H34S2. The first-order valence-electron chi connectivity index (χ1n) is 19.1. The highest BCUT2D eigenvalue weighted by atomic mass is 32.1. The van der Waals surface area contributed by atoms with Crippen LogP contribution in [0, 0.1) is 0 Å². The first-order valence-corrected chi connectivity index (χ1v) is 20.7. The van der Waals surface area contributed by atoms with Gasteiger partial charge >= 0.3 is 0 Å². The molecule has 0 atom stereocenters. The maximum atomic E-state index is 2.46. The summed E-state index contributed by atoms with van der Waals surface area (Å²) < 4.78 is 0. The number of fused-ring (bicyclic) bond motifs is 4. The van der Waals surface area contributed by atoms with Crippen LogP contribution >= 0.6 is 22.7 Å². The fourth-order valence-electron chi connectivity index (χ4n) is 8.50. The predicted octanol–water partition coefficient (Wildman–Crippen LogP) is 16.4. The molecule has 56 heavy (non-hydrogen) atoms. The summed E-state index contributed by atoms with van der Waals surface area (Å²) in [7, 11) is 0. The quantitative estimate of drug-likeness (QED) is 0.149. The lowest BCUT2D eigenvalue weighted by molar-refractivity contribution is 1.68.